The summed E-state index contributed by atoms with van der Waals surface area (Å²) in [4.78, 5) is 49.5. The second kappa shape index (κ2) is 22.0. The maximum atomic E-state index is 14.1. The Hall–Kier alpha value is -4.06. The van der Waals surface area contributed by atoms with Gasteiger partial charge in [0.1, 0.15) is 17.7 Å². The number of fused-ring (bicyclic) bond motifs is 1. The molecule has 0 saturated carbocycles. The van der Waals surface area contributed by atoms with E-state index in [0.29, 0.717) is 63.0 Å². The van der Waals surface area contributed by atoms with Crippen molar-refractivity contribution in [3.8, 4) is 0 Å². The van der Waals surface area contributed by atoms with Gasteiger partial charge < -0.3 is 38.7 Å². The molecule has 1 unspecified atom stereocenters. The fourth-order valence-electron chi connectivity index (χ4n) is 8.00. The molecule has 16 heteroatoms. The van der Waals surface area contributed by atoms with Gasteiger partial charge in [-0.2, -0.15) is 0 Å². The summed E-state index contributed by atoms with van der Waals surface area (Å²) in [6.07, 6.45) is 6.21. The summed E-state index contributed by atoms with van der Waals surface area (Å²) in [5.74, 6) is -0.230. The number of hydrogen-bond donors (Lipinski definition) is 3. The highest BCUT2D eigenvalue weighted by molar-refractivity contribution is 8.14. The van der Waals surface area contributed by atoms with E-state index in [1.807, 2.05) is 19.9 Å². The highest BCUT2D eigenvalue weighted by Gasteiger charge is 2.36. The lowest BCUT2D eigenvalue weighted by Crippen LogP contribution is -2.60. The minimum absolute atomic E-state index is 0.0202. The lowest BCUT2D eigenvalue weighted by atomic mass is 9.84. The molecule has 5 rings (SSSR count). The lowest BCUT2D eigenvalue weighted by molar-refractivity contribution is -0.150. The summed E-state index contributed by atoms with van der Waals surface area (Å²) in [5.41, 5.74) is 7.34. The summed E-state index contributed by atoms with van der Waals surface area (Å²) in [6, 6.07) is 4.52. The first kappa shape index (κ1) is 49.0. The molecule has 0 spiro atoms. The number of nitrogens with zero attached hydrogens (tertiary/aromatic N) is 4. The van der Waals surface area contributed by atoms with Gasteiger partial charge in [0, 0.05) is 74.9 Å². The number of hydrogen-bond acceptors (Lipinski definition) is 13. The predicted molar refractivity (Wildman–Crippen MR) is 244 cm³/mol. The van der Waals surface area contributed by atoms with Crippen molar-refractivity contribution >= 4 is 57.5 Å². The third kappa shape index (κ3) is 12.6. The molecule has 0 aliphatic carbocycles. The number of methoxy groups -OCH3 is 2. The molecule has 2 aromatic rings. The van der Waals surface area contributed by atoms with E-state index in [4.69, 9.17) is 33.7 Å². The fraction of sp³-hybridized carbons (Fsp3) is 0.630. The Balaban J connectivity index is 1.56. The van der Waals surface area contributed by atoms with Crippen LogP contribution in [0.5, 0.6) is 0 Å². The van der Waals surface area contributed by atoms with Crippen LogP contribution in [0.2, 0.25) is 0 Å². The molecule has 2 amide bonds. The molecule has 0 radical (unpaired) electrons. The summed E-state index contributed by atoms with van der Waals surface area (Å²) in [7, 11) is 2.98. The molecule has 4 atom stereocenters. The molecule has 3 aliphatic heterocycles. The molecule has 2 saturated heterocycles. The number of carbonyl (C=O) groups is 3. The Morgan fingerprint density at radius 2 is 1.90 bits per heavy atom. The minimum atomic E-state index is -1.01. The quantitative estimate of drug-likeness (QED) is 0.0841. The fourth-order valence-corrected chi connectivity index (χ4v) is 9.10. The number of amides is 2. The number of aliphatic hydroxyl groups is 1. The maximum absolute atomic E-state index is 14.1. The first-order valence-electron chi connectivity index (χ1n) is 21.7. The smallest absolute Gasteiger partial charge is 0.408 e. The summed E-state index contributed by atoms with van der Waals surface area (Å²) in [6.45, 7) is 20.3. The molecule has 1 aromatic carbocycles. The molecular formula is C46H68N6O9S. The molecule has 3 aliphatic rings. The van der Waals surface area contributed by atoms with Gasteiger partial charge in [0.2, 0.25) is 0 Å². The van der Waals surface area contributed by atoms with Crippen LogP contribution in [-0.4, -0.2) is 127 Å². The van der Waals surface area contributed by atoms with Crippen molar-refractivity contribution in [3.05, 3.63) is 53.4 Å². The van der Waals surface area contributed by atoms with E-state index >= 15 is 0 Å². The van der Waals surface area contributed by atoms with Crippen LogP contribution in [0.1, 0.15) is 103 Å². The largest absolute Gasteiger partial charge is 0.468 e. The van der Waals surface area contributed by atoms with Gasteiger partial charge in [0.05, 0.1) is 48.4 Å². The van der Waals surface area contributed by atoms with Crippen LogP contribution < -0.4 is 10.7 Å². The zero-order chi connectivity index (χ0) is 45.2. The average molecular weight is 881 g/mol. The number of thioether (sulfide) groups is 1. The molecule has 62 heavy (non-hydrogen) atoms. The van der Waals surface area contributed by atoms with Gasteiger partial charge in [-0.05, 0) is 95.4 Å². The van der Waals surface area contributed by atoms with Crippen LogP contribution in [0.4, 0.5) is 4.79 Å². The third-order valence-electron chi connectivity index (χ3n) is 11.3. The third-order valence-corrected chi connectivity index (χ3v) is 12.3. The number of carbonyl (C=O) groups excluding carboxylic acids is 3. The molecule has 2 fully saturated rings. The number of aromatic nitrogens is 1. The molecule has 342 valence electrons. The minimum Gasteiger partial charge on any atom is -0.468 e. The summed E-state index contributed by atoms with van der Waals surface area (Å²) < 4.78 is 30.6. The summed E-state index contributed by atoms with van der Waals surface area (Å²) in [5, 5.41) is 16.5. The first-order valence-corrected chi connectivity index (χ1v) is 22.7. The predicted octanol–water partition coefficient (Wildman–Crippen LogP) is 6.56. The van der Waals surface area contributed by atoms with Gasteiger partial charge in [-0.15, -0.1) is 11.8 Å². The van der Waals surface area contributed by atoms with Crippen LogP contribution in [0.25, 0.3) is 16.5 Å². The summed E-state index contributed by atoms with van der Waals surface area (Å²) >= 11 is 1.55. The molecular weight excluding hydrogens is 813 g/mol. The lowest BCUT2D eigenvalue weighted by Gasteiger charge is -2.35. The monoisotopic (exact) mass is 880 g/mol. The Bertz CT molecular complexity index is 2000. The van der Waals surface area contributed by atoms with Crippen molar-refractivity contribution in [1.82, 2.24) is 20.3 Å². The molecule has 15 nitrogen and oxygen atoms in total. The Kier molecular flexibility index (Phi) is 17.4. The number of aliphatic imine (C=N–C) groups is 2. The van der Waals surface area contributed by atoms with Gasteiger partial charge >= 0.3 is 12.1 Å². The van der Waals surface area contributed by atoms with E-state index in [-0.39, 0.29) is 31.3 Å². The van der Waals surface area contributed by atoms with Gasteiger partial charge in [0.15, 0.2) is 0 Å². The molecule has 3 N–H and O–H groups in total. The number of allylic oxidation sites excluding steroid dienone is 2. The molecule has 1 aromatic heterocycles. The van der Waals surface area contributed by atoms with Crippen LogP contribution in [0.3, 0.4) is 0 Å². The van der Waals surface area contributed by atoms with Crippen molar-refractivity contribution in [2.24, 2.45) is 15.4 Å². The molecule has 4 heterocycles. The van der Waals surface area contributed by atoms with Crippen molar-refractivity contribution in [2.75, 3.05) is 52.9 Å². The van der Waals surface area contributed by atoms with Gasteiger partial charge in [-0.3, -0.25) is 24.6 Å². The Morgan fingerprint density at radius 3 is 2.55 bits per heavy atom. The highest BCUT2D eigenvalue weighted by Crippen LogP contribution is 2.41. The van der Waals surface area contributed by atoms with Gasteiger partial charge in [-0.1, -0.05) is 32.6 Å². The van der Waals surface area contributed by atoms with Crippen LogP contribution >= 0.6 is 11.8 Å². The van der Waals surface area contributed by atoms with Crippen LogP contribution in [-0.2, 0) is 46.2 Å². The topological polar surface area (TPSA) is 175 Å². The van der Waals surface area contributed by atoms with E-state index in [1.54, 1.807) is 45.9 Å². The number of alkyl carbamates (subject to hydrolysis) is 1. The van der Waals surface area contributed by atoms with Crippen molar-refractivity contribution in [1.29, 1.82) is 0 Å². The number of aliphatic hydroxyl groups excluding tert-OH is 1. The zero-order valence-electron chi connectivity index (χ0n) is 38.1. The van der Waals surface area contributed by atoms with Crippen molar-refractivity contribution < 1.29 is 43.2 Å². The van der Waals surface area contributed by atoms with E-state index in [2.05, 4.69) is 53.9 Å². The molecule has 0 bridgehead atoms. The normalized spacial score (nSPS) is 20.5. The number of benzene rings is 1. The Morgan fingerprint density at radius 1 is 1.16 bits per heavy atom. The number of nitrogens with one attached hydrogen (secondary N) is 2. The van der Waals surface area contributed by atoms with Crippen LogP contribution in [0.15, 0.2) is 46.5 Å². The SMILES string of the molecule is C=C/C(=C(\N=C/C)[C@H](C)OC)c1c(CC(C)(C)CO)c2cc(C3CSC(C[C@H](NC(=O)OC(C)(C)C)C(=O)N4CCC[C@@H](C(=O)OC)N4)=N3)ccc2n1CCOC1CCOCC1. The highest BCUT2D eigenvalue weighted by atomic mass is 32.2. The number of hydrazine groups is 1. The average Bonchev–Trinajstić information content (AvgIpc) is 3.84. The van der Waals surface area contributed by atoms with Crippen LogP contribution in [0, 0.1) is 5.41 Å². The number of rotatable bonds is 18. The first-order chi connectivity index (χ1) is 29.5. The van der Waals surface area contributed by atoms with Gasteiger partial charge in [0.25, 0.3) is 5.91 Å². The second-order valence-electron chi connectivity index (χ2n) is 17.8. The van der Waals surface area contributed by atoms with E-state index < -0.39 is 41.1 Å². The number of ether oxygens (including phenoxy) is 5. The Labute approximate surface area is 371 Å². The number of esters is 1. The van der Waals surface area contributed by atoms with Crippen molar-refractivity contribution in [3.63, 3.8) is 0 Å². The van der Waals surface area contributed by atoms with E-state index in [1.165, 1.54) is 12.1 Å². The second-order valence-corrected chi connectivity index (χ2v) is 18.9. The zero-order valence-corrected chi connectivity index (χ0v) is 38.9. The standard InChI is InChI=1S/C46H68N6O9S/c1-11-32(40(47-12-2)29(3)57-9)41-34(26-46(7,8)28-53)33-24-30(15-16-38(33)51(41)20-23-60-31-17-21-59-22-18-31)37-27-62-39(48-37)25-36(49-44(56)61-45(4,5)6)42(54)52-19-13-14-35(50-52)43(55)58-10/h11-12,15-16,24,29,31,35-37,50,53H,1,13-14,17-23,25-28H2,2-10H3,(H,49,56)/b40-32+,47-12-/t29-,35-,36-,37?/m0/s1. The maximum Gasteiger partial charge on any atom is 0.408 e. The van der Waals surface area contributed by atoms with Gasteiger partial charge in [-0.25, -0.2) is 10.2 Å². The van der Waals surface area contributed by atoms with E-state index in [0.717, 1.165) is 51.8 Å². The van der Waals surface area contributed by atoms with E-state index in [9.17, 15) is 19.5 Å². The van der Waals surface area contributed by atoms with Crippen molar-refractivity contribution in [2.45, 2.75) is 129 Å².